The van der Waals surface area contributed by atoms with Gasteiger partial charge in [-0.05, 0) is 49.1 Å². The summed E-state index contributed by atoms with van der Waals surface area (Å²) in [6.45, 7) is 2.57. The van der Waals surface area contributed by atoms with Crippen LogP contribution in [0, 0.1) is 16.0 Å². The molecule has 0 spiro atoms. The fraction of sp³-hybridized carbons (Fsp3) is 0.300. The van der Waals surface area contributed by atoms with Gasteiger partial charge >= 0.3 is 0 Å². The van der Waals surface area contributed by atoms with Crippen molar-refractivity contribution in [2.24, 2.45) is 5.92 Å². The number of aromatic hydroxyl groups is 1. The van der Waals surface area contributed by atoms with Gasteiger partial charge in [-0.15, -0.1) is 0 Å². The summed E-state index contributed by atoms with van der Waals surface area (Å²) in [5, 5.41) is 25.0. The maximum atomic E-state index is 11.1. The van der Waals surface area contributed by atoms with Gasteiger partial charge in [-0.1, -0.05) is 12.2 Å². The highest BCUT2D eigenvalue weighted by molar-refractivity contribution is 5.63. The lowest BCUT2D eigenvalue weighted by molar-refractivity contribution is -0.385. The van der Waals surface area contributed by atoms with Gasteiger partial charge in [-0.25, -0.2) is 0 Å². The van der Waals surface area contributed by atoms with Gasteiger partial charge in [0.2, 0.25) is 0 Å². The van der Waals surface area contributed by atoms with Crippen LogP contribution < -0.4 is 10.1 Å². The van der Waals surface area contributed by atoms with E-state index < -0.39 is 4.92 Å². The second-order valence-corrected chi connectivity index (χ2v) is 6.66. The lowest BCUT2D eigenvalue weighted by Crippen LogP contribution is -2.29. The second-order valence-electron chi connectivity index (χ2n) is 6.66. The first-order valence-corrected chi connectivity index (χ1v) is 8.75. The Kier molecular flexibility index (Phi) is 4.03. The molecule has 0 radical (unpaired) electrons. The van der Waals surface area contributed by atoms with Crippen LogP contribution in [-0.2, 0) is 0 Å². The molecule has 3 unspecified atom stereocenters. The van der Waals surface area contributed by atoms with Gasteiger partial charge in [0.1, 0.15) is 11.5 Å². The summed E-state index contributed by atoms with van der Waals surface area (Å²) in [6, 6.07) is 9.96. The van der Waals surface area contributed by atoms with Crippen LogP contribution in [0.25, 0.3) is 0 Å². The van der Waals surface area contributed by atoms with Crippen LogP contribution >= 0.6 is 0 Å². The number of non-ortho nitro benzene ring substituents is 1. The van der Waals surface area contributed by atoms with Gasteiger partial charge in [-0.3, -0.25) is 10.1 Å². The number of nitrogens with one attached hydrogen (secondary N) is 1. The Morgan fingerprint density at radius 3 is 2.88 bits per heavy atom. The van der Waals surface area contributed by atoms with E-state index in [4.69, 9.17) is 4.74 Å². The molecule has 2 aliphatic rings. The summed E-state index contributed by atoms with van der Waals surface area (Å²) >= 11 is 0. The zero-order valence-electron chi connectivity index (χ0n) is 14.4. The molecular formula is C20H20N2O4. The van der Waals surface area contributed by atoms with Crippen LogP contribution in [0.4, 0.5) is 11.4 Å². The highest BCUT2D eigenvalue weighted by atomic mass is 16.6. The molecule has 0 bridgehead atoms. The van der Waals surface area contributed by atoms with E-state index in [-0.39, 0.29) is 29.3 Å². The van der Waals surface area contributed by atoms with E-state index in [1.54, 1.807) is 0 Å². The molecular weight excluding hydrogens is 332 g/mol. The topological polar surface area (TPSA) is 84.6 Å². The fourth-order valence-electron chi connectivity index (χ4n) is 4.04. The monoisotopic (exact) mass is 352 g/mol. The van der Waals surface area contributed by atoms with Crippen LogP contribution in [0.3, 0.4) is 0 Å². The lowest BCUT2D eigenvalue weighted by Gasteiger charge is -2.37. The number of anilines is 1. The van der Waals surface area contributed by atoms with Crippen LogP contribution in [0.2, 0.25) is 0 Å². The molecule has 2 aromatic rings. The zero-order valence-corrected chi connectivity index (χ0v) is 14.4. The average molecular weight is 352 g/mol. The number of benzene rings is 2. The Labute approximate surface area is 151 Å². The first kappa shape index (κ1) is 16.4. The van der Waals surface area contributed by atoms with E-state index in [1.165, 1.54) is 18.2 Å². The van der Waals surface area contributed by atoms with Crippen molar-refractivity contribution < 1.29 is 14.8 Å². The van der Waals surface area contributed by atoms with E-state index >= 15 is 0 Å². The largest absolute Gasteiger partial charge is 0.508 e. The molecule has 0 aromatic heterocycles. The second kappa shape index (κ2) is 6.37. The highest BCUT2D eigenvalue weighted by Gasteiger charge is 2.39. The molecule has 6 heteroatoms. The maximum Gasteiger partial charge on any atom is 0.270 e. The van der Waals surface area contributed by atoms with E-state index in [1.807, 2.05) is 19.1 Å². The van der Waals surface area contributed by atoms with Crippen LogP contribution in [0.1, 0.15) is 36.4 Å². The molecule has 2 N–H and O–H groups in total. The minimum Gasteiger partial charge on any atom is -0.508 e. The van der Waals surface area contributed by atoms with Crippen LogP contribution in [-0.4, -0.2) is 16.6 Å². The van der Waals surface area contributed by atoms with Gasteiger partial charge < -0.3 is 15.2 Å². The normalized spacial score (nSPS) is 23.0. The molecule has 0 amide bonds. The molecule has 0 saturated carbocycles. The maximum absolute atomic E-state index is 11.1. The predicted molar refractivity (Wildman–Crippen MR) is 98.7 cm³/mol. The molecule has 3 atom stereocenters. The van der Waals surface area contributed by atoms with Crippen molar-refractivity contribution in [3.8, 4) is 11.5 Å². The fourth-order valence-corrected chi connectivity index (χ4v) is 4.04. The molecule has 0 fully saturated rings. The lowest BCUT2D eigenvalue weighted by atomic mass is 9.76. The third kappa shape index (κ3) is 2.67. The van der Waals surface area contributed by atoms with Crippen molar-refractivity contribution in [1.29, 1.82) is 0 Å². The number of hydrogen-bond donors (Lipinski definition) is 2. The van der Waals surface area contributed by atoms with Crippen molar-refractivity contribution >= 4 is 11.4 Å². The van der Waals surface area contributed by atoms with Gasteiger partial charge in [-0.2, -0.15) is 0 Å². The van der Waals surface area contributed by atoms with Crippen molar-refractivity contribution in [3.05, 3.63) is 69.8 Å². The molecule has 1 aliphatic heterocycles. The standard InChI is InChI=1S/C20H20N2O4/c1-2-26-13-7-8-18-16(11-13)14-4-3-5-15(14)20(21-18)17-10-12(22(24)25)6-9-19(17)23/h3-4,6-11,14-15,20-21,23H,2,5H2,1H3. The predicted octanol–water partition coefficient (Wildman–Crippen LogP) is 4.53. The van der Waals surface area contributed by atoms with Gasteiger partial charge in [0.15, 0.2) is 0 Å². The minimum absolute atomic E-state index is 0.0143. The summed E-state index contributed by atoms with van der Waals surface area (Å²) in [6.07, 6.45) is 5.17. The van der Waals surface area contributed by atoms with Crippen LogP contribution in [0.15, 0.2) is 48.6 Å². The van der Waals surface area contributed by atoms with Crippen molar-refractivity contribution in [2.45, 2.75) is 25.3 Å². The van der Waals surface area contributed by atoms with E-state index in [0.717, 1.165) is 23.4 Å². The summed E-state index contributed by atoms with van der Waals surface area (Å²) in [7, 11) is 0. The first-order chi connectivity index (χ1) is 12.6. The number of ether oxygens (including phenoxy) is 1. The molecule has 1 heterocycles. The molecule has 0 saturated heterocycles. The Bertz CT molecular complexity index is 893. The molecule has 4 rings (SSSR count). The first-order valence-electron chi connectivity index (χ1n) is 8.75. The smallest absolute Gasteiger partial charge is 0.270 e. The van der Waals surface area contributed by atoms with Gasteiger partial charge in [0.25, 0.3) is 5.69 Å². The molecule has 134 valence electrons. The third-order valence-corrected chi connectivity index (χ3v) is 5.20. The number of fused-ring (bicyclic) bond motifs is 3. The summed E-state index contributed by atoms with van der Waals surface area (Å²) in [5.74, 6) is 1.29. The minimum atomic E-state index is -0.432. The summed E-state index contributed by atoms with van der Waals surface area (Å²) < 4.78 is 5.63. The third-order valence-electron chi connectivity index (χ3n) is 5.20. The number of phenols is 1. The van der Waals surface area contributed by atoms with Gasteiger partial charge in [0, 0.05) is 29.3 Å². The van der Waals surface area contributed by atoms with Crippen molar-refractivity contribution in [2.75, 3.05) is 11.9 Å². The van der Waals surface area contributed by atoms with E-state index in [0.29, 0.717) is 12.2 Å². The number of phenolic OH excluding ortho intramolecular Hbond substituents is 1. The number of nitro groups is 1. The van der Waals surface area contributed by atoms with E-state index in [9.17, 15) is 15.2 Å². The molecule has 1 aliphatic carbocycles. The Morgan fingerprint density at radius 2 is 2.12 bits per heavy atom. The Hall–Kier alpha value is -3.02. The molecule has 2 aromatic carbocycles. The molecule has 26 heavy (non-hydrogen) atoms. The Balaban J connectivity index is 1.77. The Morgan fingerprint density at radius 1 is 1.27 bits per heavy atom. The number of hydrogen-bond acceptors (Lipinski definition) is 5. The molecule has 6 nitrogen and oxygen atoms in total. The average Bonchev–Trinajstić information content (AvgIpc) is 3.12. The SMILES string of the molecule is CCOc1ccc2c(c1)C1C=CCC1C(c1cc([N+](=O)[O-])ccc1O)N2. The van der Waals surface area contributed by atoms with Gasteiger partial charge in [0.05, 0.1) is 17.6 Å². The van der Waals surface area contributed by atoms with E-state index in [2.05, 4.69) is 23.5 Å². The zero-order chi connectivity index (χ0) is 18.3. The number of nitro benzene ring substituents is 1. The summed E-state index contributed by atoms with van der Waals surface area (Å²) in [4.78, 5) is 10.7. The van der Waals surface area contributed by atoms with Crippen molar-refractivity contribution in [1.82, 2.24) is 0 Å². The number of nitrogens with zero attached hydrogens (tertiary/aromatic N) is 1. The van der Waals surface area contributed by atoms with Crippen LogP contribution in [0.5, 0.6) is 11.5 Å². The number of rotatable bonds is 4. The van der Waals surface area contributed by atoms with Crippen molar-refractivity contribution in [3.63, 3.8) is 0 Å². The number of allylic oxidation sites excluding steroid dienone is 2. The quantitative estimate of drug-likeness (QED) is 0.480. The summed E-state index contributed by atoms with van der Waals surface area (Å²) in [5.41, 5.74) is 2.69. The highest BCUT2D eigenvalue weighted by Crippen LogP contribution is 2.52.